The molecule has 5 heterocycles. The fraction of sp³-hybridized carbons (Fsp3) is 0.306. The summed E-state index contributed by atoms with van der Waals surface area (Å²) >= 11 is 1.44. The number of anilines is 3. The predicted octanol–water partition coefficient (Wildman–Crippen LogP) is 6.11. The van der Waals surface area contributed by atoms with Crippen LogP contribution in [0.1, 0.15) is 34.4 Å². The Morgan fingerprint density at radius 2 is 1.75 bits per heavy atom. The molecule has 0 unspecified atom stereocenters. The molecule has 48 heavy (non-hydrogen) atoms. The van der Waals surface area contributed by atoms with E-state index in [1.807, 2.05) is 84.6 Å². The second kappa shape index (κ2) is 14.1. The smallest absolute Gasteiger partial charge is 0.258 e. The van der Waals surface area contributed by atoms with Crippen molar-refractivity contribution in [3.05, 3.63) is 95.0 Å². The Kier molecular flexibility index (Phi) is 9.28. The summed E-state index contributed by atoms with van der Waals surface area (Å²) in [6.45, 7) is 13.8. The summed E-state index contributed by atoms with van der Waals surface area (Å²) < 4.78 is 8.76. The molecule has 1 amide bonds. The van der Waals surface area contributed by atoms with Gasteiger partial charge in [-0.3, -0.25) is 19.4 Å². The number of nitrogens with zero attached hydrogens (tertiary/aromatic N) is 7. The van der Waals surface area contributed by atoms with E-state index in [-0.39, 0.29) is 5.91 Å². The maximum atomic E-state index is 13.7. The minimum absolute atomic E-state index is 0.236. The number of thiophene rings is 1. The first kappa shape index (κ1) is 31.7. The summed E-state index contributed by atoms with van der Waals surface area (Å²) in [5.41, 5.74) is 6.32. The van der Waals surface area contributed by atoms with Crippen LogP contribution in [-0.4, -0.2) is 86.3 Å². The molecular formula is C36H39N9O2S. The molecule has 1 saturated heterocycles. The van der Waals surface area contributed by atoms with Crippen molar-refractivity contribution in [2.24, 2.45) is 0 Å². The second-order valence-electron chi connectivity index (χ2n) is 12.0. The molecule has 2 N–H and O–H groups in total. The molecule has 0 atom stereocenters. The second-order valence-corrected chi connectivity index (χ2v) is 12.9. The van der Waals surface area contributed by atoms with Crippen LogP contribution in [0.5, 0.6) is 5.75 Å². The highest BCUT2D eigenvalue weighted by Crippen LogP contribution is 2.33. The number of hydrogen-bond donors (Lipinski definition) is 2. The maximum absolute atomic E-state index is 13.7. The first-order valence-electron chi connectivity index (χ1n) is 16.3. The van der Waals surface area contributed by atoms with Crippen LogP contribution in [0.4, 0.5) is 17.2 Å². The molecule has 0 saturated carbocycles. The van der Waals surface area contributed by atoms with Crippen LogP contribution in [0.15, 0.2) is 72.4 Å². The van der Waals surface area contributed by atoms with Gasteiger partial charge in [0.1, 0.15) is 18.7 Å². The summed E-state index contributed by atoms with van der Waals surface area (Å²) in [6.07, 6.45) is 1.49. The van der Waals surface area contributed by atoms with E-state index in [2.05, 4.69) is 42.3 Å². The molecule has 11 nitrogen and oxygen atoms in total. The van der Waals surface area contributed by atoms with Gasteiger partial charge >= 0.3 is 0 Å². The van der Waals surface area contributed by atoms with Gasteiger partial charge in [0.25, 0.3) is 5.91 Å². The highest BCUT2D eigenvalue weighted by Gasteiger charge is 2.20. The monoisotopic (exact) mass is 661 g/mol. The summed E-state index contributed by atoms with van der Waals surface area (Å²) in [5.74, 6) is 1.24. The zero-order valence-electron chi connectivity index (χ0n) is 27.4. The van der Waals surface area contributed by atoms with Gasteiger partial charge < -0.3 is 20.3 Å². The maximum Gasteiger partial charge on any atom is 0.258 e. The van der Waals surface area contributed by atoms with E-state index in [1.165, 1.54) is 17.7 Å². The molecule has 246 valence electrons. The Bertz CT molecular complexity index is 2050. The topological polar surface area (TPSA) is 113 Å². The molecule has 12 heteroatoms. The Balaban J connectivity index is 1.02. The van der Waals surface area contributed by atoms with Crippen LogP contribution in [0, 0.1) is 13.8 Å². The van der Waals surface area contributed by atoms with Crippen molar-refractivity contribution in [2.45, 2.75) is 27.3 Å². The Labute approximate surface area is 283 Å². The summed E-state index contributed by atoms with van der Waals surface area (Å²) in [5, 5.41) is 14.0. The highest BCUT2D eigenvalue weighted by molar-refractivity contribution is 7.18. The number of nitrogens with one attached hydrogen (secondary N) is 2. The van der Waals surface area contributed by atoms with Gasteiger partial charge in [0.15, 0.2) is 5.82 Å². The minimum Gasteiger partial charge on any atom is -0.492 e. The third kappa shape index (κ3) is 6.86. The van der Waals surface area contributed by atoms with Crippen LogP contribution in [0.2, 0.25) is 0 Å². The van der Waals surface area contributed by atoms with E-state index < -0.39 is 0 Å². The number of piperazine rings is 1. The van der Waals surface area contributed by atoms with Crippen LogP contribution < -0.4 is 15.4 Å². The van der Waals surface area contributed by atoms with E-state index in [1.54, 1.807) is 0 Å². The number of aromatic nitrogens is 5. The highest BCUT2D eigenvalue weighted by atomic mass is 32.1. The third-order valence-corrected chi connectivity index (χ3v) is 9.74. The first-order chi connectivity index (χ1) is 23.4. The summed E-state index contributed by atoms with van der Waals surface area (Å²) in [7, 11) is 0. The lowest BCUT2D eigenvalue weighted by Gasteiger charge is -2.33. The summed E-state index contributed by atoms with van der Waals surface area (Å²) in [4.78, 5) is 32.2. The van der Waals surface area contributed by atoms with Gasteiger partial charge in [-0.05, 0) is 68.9 Å². The Morgan fingerprint density at radius 1 is 0.958 bits per heavy atom. The number of carbonyl (C=O) groups is 1. The molecule has 0 spiro atoms. The van der Waals surface area contributed by atoms with E-state index in [0.29, 0.717) is 35.7 Å². The van der Waals surface area contributed by atoms with Crippen LogP contribution in [-0.2, 0) is 6.54 Å². The third-order valence-electron chi connectivity index (χ3n) is 8.76. The molecule has 6 aromatic rings. The number of fused-ring (bicyclic) bond motifs is 2. The van der Waals surface area contributed by atoms with Crippen LogP contribution in [0.25, 0.3) is 21.1 Å². The van der Waals surface area contributed by atoms with Crippen molar-refractivity contribution < 1.29 is 9.53 Å². The van der Waals surface area contributed by atoms with Crippen molar-refractivity contribution in [3.63, 3.8) is 0 Å². The van der Waals surface area contributed by atoms with Crippen molar-refractivity contribution >= 4 is 55.6 Å². The van der Waals surface area contributed by atoms with Gasteiger partial charge in [-0.15, -0.1) is 11.3 Å². The molecule has 0 radical (unpaired) electrons. The lowest BCUT2D eigenvalue weighted by atomic mass is 10.1. The first-order valence-corrected chi connectivity index (χ1v) is 17.2. The van der Waals surface area contributed by atoms with E-state index in [0.717, 1.165) is 83.4 Å². The van der Waals surface area contributed by atoms with Crippen molar-refractivity contribution in [3.8, 4) is 5.75 Å². The zero-order valence-corrected chi connectivity index (χ0v) is 28.3. The largest absolute Gasteiger partial charge is 0.492 e. The van der Waals surface area contributed by atoms with Gasteiger partial charge in [-0.2, -0.15) is 5.10 Å². The number of rotatable bonds is 11. The number of aryl methyl sites for hydroxylation is 2. The molecule has 7 rings (SSSR count). The van der Waals surface area contributed by atoms with Crippen LogP contribution in [0.3, 0.4) is 0 Å². The van der Waals surface area contributed by atoms with Gasteiger partial charge in [0, 0.05) is 54.9 Å². The Hall–Kier alpha value is -4.91. The molecule has 0 aliphatic carbocycles. The average Bonchev–Trinajstić information content (AvgIpc) is 3.68. The van der Waals surface area contributed by atoms with Gasteiger partial charge in [0.2, 0.25) is 0 Å². The van der Waals surface area contributed by atoms with Crippen molar-refractivity contribution in [1.29, 1.82) is 0 Å². The quantitative estimate of drug-likeness (QED) is 0.170. The molecule has 2 aromatic carbocycles. The molecule has 1 aliphatic heterocycles. The molecule has 1 fully saturated rings. The molecule has 4 aromatic heterocycles. The lowest BCUT2D eigenvalue weighted by molar-refractivity contribution is 0.102. The number of likely N-dealkylation sites (N-methyl/N-ethyl adjacent to an activating group) is 1. The van der Waals surface area contributed by atoms with Gasteiger partial charge in [0.05, 0.1) is 44.9 Å². The van der Waals surface area contributed by atoms with E-state index >= 15 is 0 Å². The van der Waals surface area contributed by atoms with Crippen molar-refractivity contribution in [2.75, 3.05) is 56.5 Å². The number of benzene rings is 2. The SMILES string of the molecule is CCN1CCN(CCOc2ccc(Nc3ncnc4c(C(=O)Nc5cccc6c5c(C)nn6Cc5cccc(C)n5)csc34)cc2)CC1. The minimum atomic E-state index is -0.236. The van der Waals surface area contributed by atoms with Crippen molar-refractivity contribution in [1.82, 2.24) is 34.5 Å². The van der Waals surface area contributed by atoms with Crippen LogP contribution >= 0.6 is 11.3 Å². The average molecular weight is 662 g/mol. The van der Waals surface area contributed by atoms with E-state index in [9.17, 15) is 4.79 Å². The molecule has 0 bridgehead atoms. The normalized spacial score (nSPS) is 14.1. The Morgan fingerprint density at radius 3 is 2.54 bits per heavy atom. The van der Waals surface area contributed by atoms with Gasteiger partial charge in [-0.25, -0.2) is 9.97 Å². The number of pyridine rings is 1. The van der Waals surface area contributed by atoms with Gasteiger partial charge in [-0.1, -0.05) is 19.1 Å². The lowest BCUT2D eigenvalue weighted by Crippen LogP contribution is -2.47. The predicted molar refractivity (Wildman–Crippen MR) is 192 cm³/mol. The number of hydrogen-bond acceptors (Lipinski definition) is 10. The molecule has 1 aliphatic rings. The zero-order chi connectivity index (χ0) is 33.0. The number of ether oxygens (including phenoxy) is 1. The number of amides is 1. The number of carbonyl (C=O) groups excluding carboxylic acids is 1. The summed E-state index contributed by atoms with van der Waals surface area (Å²) in [6, 6.07) is 19.7. The fourth-order valence-electron chi connectivity index (χ4n) is 6.17. The standard InChI is InChI=1S/C36H39N9O2S/c1-4-43-15-17-44(18-16-43)19-20-47-28-13-11-26(12-14-28)40-35-34-33(37-23-38-35)29(22-48-34)36(46)41-30-9-6-10-31-32(30)25(3)42-45(31)21-27-8-5-7-24(2)39-27/h5-14,22-23H,4,15-21H2,1-3H3,(H,41,46)(H,37,38,40). The van der Waals surface area contributed by atoms with E-state index in [4.69, 9.17) is 9.84 Å². The molecular weight excluding hydrogens is 623 g/mol. The fourth-order valence-corrected chi connectivity index (χ4v) is 7.11.